The third-order valence-corrected chi connectivity index (χ3v) is 3.47. The Morgan fingerprint density at radius 3 is 2.26 bits per heavy atom. The van der Waals surface area contributed by atoms with Crippen LogP contribution >= 0.6 is 0 Å². The van der Waals surface area contributed by atoms with Crippen LogP contribution in [0.25, 0.3) is 11.4 Å². The van der Waals surface area contributed by atoms with Crippen molar-refractivity contribution >= 4 is 0 Å². The number of hydrogen-bond acceptors (Lipinski definition) is 2. The molecule has 0 amide bonds. The summed E-state index contributed by atoms with van der Waals surface area (Å²) < 4.78 is 2.17. The highest BCUT2D eigenvalue weighted by atomic mass is 15.1. The van der Waals surface area contributed by atoms with E-state index in [-0.39, 0.29) is 5.41 Å². The minimum Gasteiger partial charge on any atom is -0.327 e. The number of imidazole rings is 1. The Bertz CT molecular complexity index is 544. The van der Waals surface area contributed by atoms with Gasteiger partial charge < -0.3 is 10.3 Å². The van der Waals surface area contributed by atoms with Gasteiger partial charge in [0, 0.05) is 18.7 Å². The molecule has 2 rings (SSSR count). The topological polar surface area (TPSA) is 43.8 Å². The van der Waals surface area contributed by atoms with Gasteiger partial charge in [-0.1, -0.05) is 45.0 Å². The maximum atomic E-state index is 5.74. The molecule has 0 aliphatic carbocycles. The number of rotatable bonds is 3. The van der Waals surface area contributed by atoms with Crippen molar-refractivity contribution in [3.8, 4) is 11.4 Å². The van der Waals surface area contributed by atoms with E-state index in [0.717, 1.165) is 23.6 Å². The minimum absolute atomic E-state index is 0.182. The standard InChI is InChI=1S/C16H23N3/c1-5-19-14(10-17)11-18-15(19)12-6-8-13(9-7-12)16(2,3)4/h6-9,11H,5,10,17H2,1-4H3. The van der Waals surface area contributed by atoms with Gasteiger partial charge in [-0.25, -0.2) is 4.98 Å². The highest BCUT2D eigenvalue weighted by molar-refractivity contribution is 5.57. The van der Waals surface area contributed by atoms with Crippen LogP contribution in [0, 0.1) is 0 Å². The largest absolute Gasteiger partial charge is 0.327 e. The van der Waals surface area contributed by atoms with E-state index in [1.165, 1.54) is 5.56 Å². The van der Waals surface area contributed by atoms with Crippen LogP contribution in [0.15, 0.2) is 30.5 Å². The zero-order valence-electron chi connectivity index (χ0n) is 12.3. The van der Waals surface area contributed by atoms with E-state index in [4.69, 9.17) is 5.73 Å². The summed E-state index contributed by atoms with van der Waals surface area (Å²) in [4.78, 5) is 4.50. The molecule has 1 aromatic heterocycles. The molecule has 2 aromatic rings. The summed E-state index contributed by atoms with van der Waals surface area (Å²) in [5, 5.41) is 0. The van der Waals surface area contributed by atoms with Crippen molar-refractivity contribution in [3.05, 3.63) is 41.7 Å². The van der Waals surface area contributed by atoms with Crippen LogP contribution in [0.3, 0.4) is 0 Å². The molecule has 0 spiro atoms. The lowest BCUT2D eigenvalue weighted by atomic mass is 9.87. The molecule has 0 bridgehead atoms. The number of nitrogens with zero attached hydrogens (tertiary/aromatic N) is 2. The maximum absolute atomic E-state index is 5.74. The first-order valence-electron chi connectivity index (χ1n) is 6.82. The first-order valence-corrected chi connectivity index (χ1v) is 6.82. The normalized spacial score (nSPS) is 11.8. The maximum Gasteiger partial charge on any atom is 0.140 e. The summed E-state index contributed by atoms with van der Waals surface area (Å²) in [6.07, 6.45) is 1.87. The van der Waals surface area contributed by atoms with Crippen molar-refractivity contribution in [2.24, 2.45) is 5.73 Å². The van der Waals surface area contributed by atoms with Gasteiger partial charge >= 0.3 is 0 Å². The van der Waals surface area contributed by atoms with Crippen molar-refractivity contribution in [1.82, 2.24) is 9.55 Å². The van der Waals surface area contributed by atoms with Gasteiger partial charge in [-0.3, -0.25) is 0 Å². The molecule has 0 radical (unpaired) electrons. The molecule has 1 aromatic carbocycles. The molecule has 0 aliphatic heterocycles. The lowest BCUT2D eigenvalue weighted by Crippen LogP contribution is -2.11. The van der Waals surface area contributed by atoms with Crippen molar-refractivity contribution in [3.63, 3.8) is 0 Å². The molecule has 102 valence electrons. The van der Waals surface area contributed by atoms with Gasteiger partial charge in [0.2, 0.25) is 0 Å². The molecule has 0 saturated carbocycles. The van der Waals surface area contributed by atoms with E-state index in [2.05, 4.69) is 61.5 Å². The summed E-state index contributed by atoms with van der Waals surface area (Å²) in [7, 11) is 0. The summed E-state index contributed by atoms with van der Waals surface area (Å²) in [5.41, 5.74) is 9.49. The SMILES string of the molecule is CCn1c(CN)cnc1-c1ccc(C(C)(C)C)cc1. The molecule has 3 nitrogen and oxygen atoms in total. The number of nitrogens with two attached hydrogens (primary N) is 1. The molecule has 2 N–H and O–H groups in total. The van der Waals surface area contributed by atoms with Crippen LogP contribution in [-0.4, -0.2) is 9.55 Å². The zero-order valence-corrected chi connectivity index (χ0v) is 12.3. The van der Waals surface area contributed by atoms with Crippen LogP contribution in [0.1, 0.15) is 39.0 Å². The van der Waals surface area contributed by atoms with Crippen LogP contribution in [0.4, 0.5) is 0 Å². The molecule has 0 atom stereocenters. The fourth-order valence-electron chi connectivity index (χ4n) is 2.28. The van der Waals surface area contributed by atoms with Crippen LogP contribution < -0.4 is 5.73 Å². The van der Waals surface area contributed by atoms with Gasteiger partial charge in [0.1, 0.15) is 5.82 Å². The lowest BCUT2D eigenvalue weighted by molar-refractivity contribution is 0.590. The third kappa shape index (κ3) is 2.71. The van der Waals surface area contributed by atoms with Crippen LogP contribution in [0.5, 0.6) is 0 Å². The second-order valence-electron chi connectivity index (χ2n) is 5.85. The first kappa shape index (κ1) is 13.8. The lowest BCUT2D eigenvalue weighted by Gasteiger charge is -2.19. The van der Waals surface area contributed by atoms with Crippen LogP contribution in [0.2, 0.25) is 0 Å². The van der Waals surface area contributed by atoms with Gasteiger partial charge in [0.25, 0.3) is 0 Å². The van der Waals surface area contributed by atoms with Crippen molar-refractivity contribution in [1.29, 1.82) is 0 Å². The smallest absolute Gasteiger partial charge is 0.140 e. The molecule has 19 heavy (non-hydrogen) atoms. The minimum atomic E-state index is 0.182. The van der Waals surface area contributed by atoms with E-state index >= 15 is 0 Å². The average molecular weight is 257 g/mol. The molecular weight excluding hydrogens is 234 g/mol. The Balaban J connectivity index is 2.40. The fraction of sp³-hybridized carbons (Fsp3) is 0.438. The van der Waals surface area contributed by atoms with Crippen molar-refractivity contribution in [2.75, 3.05) is 0 Å². The van der Waals surface area contributed by atoms with Gasteiger partial charge in [-0.2, -0.15) is 0 Å². The predicted octanol–water partition coefficient (Wildman–Crippen LogP) is 3.33. The Morgan fingerprint density at radius 1 is 1.16 bits per heavy atom. The molecule has 0 unspecified atom stereocenters. The summed E-state index contributed by atoms with van der Waals surface area (Å²) in [6.45, 7) is 10.2. The van der Waals surface area contributed by atoms with Crippen molar-refractivity contribution in [2.45, 2.75) is 46.2 Å². The van der Waals surface area contributed by atoms with E-state index in [0.29, 0.717) is 6.54 Å². The number of aromatic nitrogens is 2. The molecule has 0 fully saturated rings. The predicted molar refractivity (Wildman–Crippen MR) is 79.9 cm³/mol. The summed E-state index contributed by atoms with van der Waals surface area (Å²) in [5.74, 6) is 1.00. The second-order valence-corrected chi connectivity index (χ2v) is 5.85. The quantitative estimate of drug-likeness (QED) is 0.916. The Morgan fingerprint density at radius 2 is 1.79 bits per heavy atom. The summed E-state index contributed by atoms with van der Waals surface area (Å²) >= 11 is 0. The van der Waals surface area contributed by atoms with Gasteiger partial charge in [0.05, 0.1) is 11.9 Å². The van der Waals surface area contributed by atoms with E-state index in [1.807, 2.05) is 6.20 Å². The van der Waals surface area contributed by atoms with E-state index in [9.17, 15) is 0 Å². The number of benzene rings is 1. The van der Waals surface area contributed by atoms with Gasteiger partial charge in [0.15, 0.2) is 0 Å². The fourth-order valence-corrected chi connectivity index (χ4v) is 2.28. The molecule has 0 aliphatic rings. The van der Waals surface area contributed by atoms with E-state index < -0.39 is 0 Å². The third-order valence-electron chi connectivity index (χ3n) is 3.47. The zero-order chi connectivity index (χ0) is 14.0. The highest BCUT2D eigenvalue weighted by Gasteiger charge is 2.14. The van der Waals surface area contributed by atoms with Crippen LogP contribution in [-0.2, 0) is 18.5 Å². The molecular formula is C16H23N3. The Hall–Kier alpha value is -1.61. The first-order chi connectivity index (χ1) is 8.97. The molecule has 0 saturated heterocycles. The molecule has 3 heteroatoms. The monoisotopic (exact) mass is 257 g/mol. The highest BCUT2D eigenvalue weighted by Crippen LogP contribution is 2.26. The second kappa shape index (κ2) is 5.17. The average Bonchev–Trinajstić information content (AvgIpc) is 2.80. The molecule has 1 heterocycles. The number of hydrogen-bond donors (Lipinski definition) is 1. The van der Waals surface area contributed by atoms with Gasteiger partial charge in [-0.15, -0.1) is 0 Å². The Labute approximate surface area is 115 Å². The summed E-state index contributed by atoms with van der Waals surface area (Å²) in [6, 6.07) is 8.67. The van der Waals surface area contributed by atoms with E-state index in [1.54, 1.807) is 0 Å². The Kier molecular flexibility index (Phi) is 3.76. The van der Waals surface area contributed by atoms with Crippen molar-refractivity contribution < 1.29 is 0 Å². The van der Waals surface area contributed by atoms with Gasteiger partial charge in [-0.05, 0) is 17.9 Å².